The molecular formula is C31H37FN6O3. The third-order valence-electron chi connectivity index (χ3n) is 8.21. The van der Waals surface area contributed by atoms with Crippen LogP contribution in [0.1, 0.15) is 76.5 Å². The van der Waals surface area contributed by atoms with E-state index in [1.54, 1.807) is 38.2 Å². The largest absolute Gasteiger partial charge is 0.478 e. The Hall–Kier alpha value is -4.08. The first kappa shape index (κ1) is 28.4. The van der Waals surface area contributed by atoms with E-state index in [1.165, 1.54) is 18.6 Å². The zero-order valence-corrected chi connectivity index (χ0v) is 24.1. The topological polar surface area (TPSA) is 112 Å². The summed E-state index contributed by atoms with van der Waals surface area (Å²) in [4.78, 5) is 43.4. The minimum Gasteiger partial charge on any atom is -0.478 e. The highest BCUT2D eigenvalue weighted by Gasteiger charge is 2.38. The standard InChI is InChI=1S/C31H37FN6O3/c1-19-14-26(35-20(2)27(19)30(40)41)37-12-13-38(31(3,4)18-37)29(39)25-17-34-28(24(36-25)15-21-6-5-7-21)33-16-22-8-10-23(32)11-9-22/h8-11,14,17,21H,5-7,12-13,15-16,18H2,1-4H3,(H,33,34)(H,40,41). The fourth-order valence-electron chi connectivity index (χ4n) is 5.74. The minimum atomic E-state index is -0.982. The Morgan fingerprint density at radius 2 is 1.85 bits per heavy atom. The van der Waals surface area contributed by atoms with E-state index in [2.05, 4.69) is 20.2 Å². The van der Waals surface area contributed by atoms with Crippen molar-refractivity contribution >= 4 is 23.5 Å². The highest BCUT2D eigenvalue weighted by molar-refractivity contribution is 5.93. The first-order valence-electron chi connectivity index (χ1n) is 14.1. The van der Waals surface area contributed by atoms with E-state index < -0.39 is 11.5 Å². The van der Waals surface area contributed by atoms with Gasteiger partial charge in [0.05, 0.1) is 28.7 Å². The number of aryl methyl sites for hydroxylation is 2. The van der Waals surface area contributed by atoms with Crippen molar-refractivity contribution in [1.82, 2.24) is 19.9 Å². The first-order valence-corrected chi connectivity index (χ1v) is 14.1. The summed E-state index contributed by atoms with van der Waals surface area (Å²) in [6.45, 7) is 9.58. The molecule has 41 heavy (non-hydrogen) atoms. The molecule has 0 atom stereocenters. The Labute approximate surface area is 239 Å². The average molecular weight is 561 g/mol. The Balaban J connectivity index is 1.33. The van der Waals surface area contributed by atoms with Crippen LogP contribution >= 0.6 is 0 Å². The zero-order chi connectivity index (χ0) is 29.3. The van der Waals surface area contributed by atoms with Gasteiger partial charge in [0.1, 0.15) is 23.1 Å². The maximum absolute atomic E-state index is 13.8. The van der Waals surface area contributed by atoms with Crippen LogP contribution in [0.25, 0.3) is 0 Å². The number of rotatable bonds is 8. The number of carbonyl (C=O) groups is 2. The molecule has 3 aromatic rings. The molecule has 2 fully saturated rings. The average Bonchev–Trinajstić information content (AvgIpc) is 2.89. The monoisotopic (exact) mass is 560 g/mol. The van der Waals surface area contributed by atoms with Crippen molar-refractivity contribution in [3.05, 3.63) is 76.1 Å². The molecule has 3 heterocycles. The number of aromatic carboxylic acids is 1. The fraction of sp³-hybridized carbons (Fsp3) is 0.452. The third kappa shape index (κ3) is 6.16. The van der Waals surface area contributed by atoms with Gasteiger partial charge in [-0.05, 0) is 69.4 Å². The van der Waals surface area contributed by atoms with E-state index in [9.17, 15) is 19.1 Å². The number of aromatic nitrogens is 3. The SMILES string of the molecule is Cc1cc(N2CCN(C(=O)c3cnc(NCc4ccc(F)cc4)c(CC4CCC4)n3)C(C)(C)C2)nc(C)c1C(=O)O. The number of hydrogen-bond donors (Lipinski definition) is 2. The predicted molar refractivity (Wildman–Crippen MR) is 155 cm³/mol. The minimum absolute atomic E-state index is 0.163. The van der Waals surface area contributed by atoms with Crippen molar-refractivity contribution in [3.8, 4) is 0 Å². The summed E-state index contributed by atoms with van der Waals surface area (Å²) in [5.41, 5.74) is 2.88. The van der Waals surface area contributed by atoms with Crippen LogP contribution in [0.2, 0.25) is 0 Å². The number of amides is 1. The van der Waals surface area contributed by atoms with Crippen molar-refractivity contribution in [3.63, 3.8) is 0 Å². The molecule has 0 bridgehead atoms. The highest BCUT2D eigenvalue weighted by atomic mass is 19.1. The molecule has 1 saturated carbocycles. The number of piperazine rings is 1. The quantitative estimate of drug-likeness (QED) is 0.395. The van der Waals surface area contributed by atoms with Gasteiger partial charge in [0.25, 0.3) is 5.91 Å². The van der Waals surface area contributed by atoms with Crippen LogP contribution < -0.4 is 10.2 Å². The zero-order valence-electron chi connectivity index (χ0n) is 24.1. The molecule has 2 N–H and O–H groups in total. The van der Waals surface area contributed by atoms with Crippen LogP contribution in [0.15, 0.2) is 36.5 Å². The van der Waals surface area contributed by atoms with E-state index in [1.807, 2.05) is 18.7 Å². The number of benzene rings is 1. The number of nitrogens with zero attached hydrogens (tertiary/aromatic N) is 5. The lowest BCUT2D eigenvalue weighted by molar-refractivity contribution is 0.0506. The van der Waals surface area contributed by atoms with Crippen LogP contribution in [0, 0.1) is 25.6 Å². The summed E-state index contributed by atoms with van der Waals surface area (Å²) in [5.74, 6) is 0.483. The van der Waals surface area contributed by atoms with E-state index in [0.29, 0.717) is 60.7 Å². The highest BCUT2D eigenvalue weighted by Crippen LogP contribution is 2.32. The second-order valence-corrected chi connectivity index (χ2v) is 11.8. The molecule has 1 amide bonds. The molecule has 0 radical (unpaired) electrons. The molecule has 1 saturated heterocycles. The molecule has 1 aromatic carbocycles. The van der Waals surface area contributed by atoms with E-state index in [0.717, 1.165) is 30.5 Å². The van der Waals surface area contributed by atoms with Crippen molar-refractivity contribution < 1.29 is 19.1 Å². The van der Waals surface area contributed by atoms with Gasteiger partial charge in [-0.25, -0.2) is 24.1 Å². The van der Waals surface area contributed by atoms with Gasteiger partial charge in [0.2, 0.25) is 0 Å². The van der Waals surface area contributed by atoms with Crippen molar-refractivity contribution in [2.75, 3.05) is 29.9 Å². The second-order valence-electron chi connectivity index (χ2n) is 11.8. The van der Waals surface area contributed by atoms with Gasteiger partial charge in [-0.1, -0.05) is 31.4 Å². The number of carboxylic acid groups (broad SMARTS) is 1. The number of hydrogen-bond acceptors (Lipinski definition) is 7. The van der Waals surface area contributed by atoms with Gasteiger partial charge in [-0.3, -0.25) is 4.79 Å². The number of carboxylic acids is 1. The Bertz CT molecular complexity index is 1430. The second kappa shape index (κ2) is 11.4. The fourth-order valence-corrected chi connectivity index (χ4v) is 5.74. The summed E-state index contributed by atoms with van der Waals surface area (Å²) < 4.78 is 13.3. The summed E-state index contributed by atoms with van der Waals surface area (Å²) in [5, 5.41) is 12.8. The molecule has 0 spiro atoms. The summed E-state index contributed by atoms with van der Waals surface area (Å²) in [6.07, 6.45) is 5.80. The number of halogens is 1. The van der Waals surface area contributed by atoms with Crippen LogP contribution in [-0.2, 0) is 13.0 Å². The van der Waals surface area contributed by atoms with E-state index >= 15 is 0 Å². The lowest BCUT2D eigenvalue weighted by Crippen LogP contribution is -2.61. The molecule has 10 heteroatoms. The van der Waals surface area contributed by atoms with Crippen LogP contribution in [0.5, 0.6) is 0 Å². The normalized spacial score (nSPS) is 16.8. The lowest BCUT2D eigenvalue weighted by atomic mass is 9.82. The van der Waals surface area contributed by atoms with Gasteiger partial charge in [-0.15, -0.1) is 0 Å². The molecule has 2 aliphatic rings. The predicted octanol–water partition coefficient (Wildman–Crippen LogP) is 5.02. The van der Waals surface area contributed by atoms with E-state index in [4.69, 9.17) is 4.98 Å². The summed E-state index contributed by atoms with van der Waals surface area (Å²) >= 11 is 0. The molecule has 2 aromatic heterocycles. The van der Waals surface area contributed by atoms with Crippen LogP contribution in [0.3, 0.4) is 0 Å². The van der Waals surface area contributed by atoms with Crippen molar-refractivity contribution in [1.29, 1.82) is 0 Å². The van der Waals surface area contributed by atoms with Crippen molar-refractivity contribution in [2.24, 2.45) is 5.92 Å². The molecule has 1 aliphatic heterocycles. The van der Waals surface area contributed by atoms with E-state index in [-0.39, 0.29) is 17.3 Å². The van der Waals surface area contributed by atoms with Gasteiger partial charge >= 0.3 is 5.97 Å². The summed E-state index contributed by atoms with van der Waals surface area (Å²) in [6, 6.07) is 8.15. The molecule has 1 aliphatic carbocycles. The number of pyridine rings is 1. The molecule has 216 valence electrons. The number of nitrogens with one attached hydrogen (secondary N) is 1. The third-order valence-corrected chi connectivity index (χ3v) is 8.21. The lowest BCUT2D eigenvalue weighted by Gasteiger charge is -2.47. The van der Waals surface area contributed by atoms with Crippen molar-refractivity contribution in [2.45, 2.75) is 65.5 Å². The first-order chi connectivity index (χ1) is 19.5. The van der Waals surface area contributed by atoms with Crippen LogP contribution in [-0.4, -0.2) is 62.0 Å². The molecule has 9 nitrogen and oxygen atoms in total. The van der Waals surface area contributed by atoms with Gasteiger partial charge in [-0.2, -0.15) is 0 Å². The molecular weight excluding hydrogens is 523 g/mol. The maximum Gasteiger partial charge on any atom is 0.337 e. The molecule has 5 rings (SSSR count). The van der Waals surface area contributed by atoms with Gasteiger partial charge < -0.3 is 20.2 Å². The van der Waals surface area contributed by atoms with Crippen LogP contribution in [0.4, 0.5) is 16.0 Å². The maximum atomic E-state index is 13.8. The van der Waals surface area contributed by atoms with Gasteiger partial charge in [0, 0.05) is 26.2 Å². The molecule has 0 unspecified atom stereocenters. The Morgan fingerprint density at radius 1 is 1.12 bits per heavy atom. The smallest absolute Gasteiger partial charge is 0.337 e. The Kier molecular flexibility index (Phi) is 7.93. The Morgan fingerprint density at radius 3 is 2.46 bits per heavy atom. The van der Waals surface area contributed by atoms with Gasteiger partial charge in [0.15, 0.2) is 0 Å². The number of carbonyl (C=O) groups excluding carboxylic acids is 1. The number of anilines is 2. The summed E-state index contributed by atoms with van der Waals surface area (Å²) in [7, 11) is 0.